The largest absolute Gasteiger partial charge is 0.303 e. The number of carbonyl (C=O) groups excluding carboxylic acids is 1. The lowest BCUT2D eigenvalue weighted by molar-refractivity contribution is -0.107. The van der Waals surface area contributed by atoms with Crippen molar-refractivity contribution in [1.82, 2.24) is 0 Å². The van der Waals surface area contributed by atoms with E-state index in [-0.39, 0.29) is 6.42 Å². The van der Waals surface area contributed by atoms with E-state index in [9.17, 15) is 9.18 Å². The molecule has 0 aliphatic rings. The number of aldehydes is 1. The summed E-state index contributed by atoms with van der Waals surface area (Å²) < 4.78 is 13.9. The molecular formula is C10H7BrClFO. The summed E-state index contributed by atoms with van der Waals surface area (Å²) in [4.78, 5) is 10.0. The van der Waals surface area contributed by atoms with Crippen LogP contribution in [0.4, 0.5) is 4.39 Å². The normalized spacial score (nSPS) is 10.8. The van der Waals surface area contributed by atoms with E-state index in [0.29, 0.717) is 15.1 Å². The summed E-state index contributed by atoms with van der Waals surface area (Å²) in [7, 11) is 0. The summed E-state index contributed by atoms with van der Waals surface area (Å²) in [5.41, 5.74) is 0.399. The summed E-state index contributed by atoms with van der Waals surface area (Å²) >= 11 is 8.82. The van der Waals surface area contributed by atoms with Crippen LogP contribution < -0.4 is 0 Å². The van der Waals surface area contributed by atoms with Crippen molar-refractivity contribution in [3.05, 3.63) is 39.1 Å². The number of rotatable bonds is 3. The molecule has 4 heteroatoms. The highest BCUT2D eigenvalue weighted by atomic mass is 79.9. The van der Waals surface area contributed by atoms with Crippen molar-refractivity contribution in [2.24, 2.45) is 0 Å². The van der Waals surface area contributed by atoms with Crippen molar-refractivity contribution in [3.8, 4) is 0 Å². The zero-order valence-corrected chi connectivity index (χ0v) is 9.48. The van der Waals surface area contributed by atoms with Gasteiger partial charge >= 0.3 is 0 Å². The van der Waals surface area contributed by atoms with Gasteiger partial charge in [-0.05, 0) is 12.1 Å². The fourth-order valence-electron chi connectivity index (χ4n) is 0.954. The van der Waals surface area contributed by atoms with Crippen molar-refractivity contribution in [2.75, 3.05) is 0 Å². The highest BCUT2D eigenvalue weighted by Crippen LogP contribution is 2.25. The summed E-state index contributed by atoms with van der Waals surface area (Å²) in [6, 6.07) is 2.83. The van der Waals surface area contributed by atoms with Crippen molar-refractivity contribution in [3.63, 3.8) is 0 Å². The lowest BCUT2D eigenvalue weighted by Crippen LogP contribution is -1.84. The van der Waals surface area contributed by atoms with Crippen LogP contribution in [0.25, 0.3) is 6.08 Å². The minimum atomic E-state index is -0.411. The fourth-order valence-corrected chi connectivity index (χ4v) is 1.86. The number of benzene rings is 1. The Bertz CT molecular complexity index is 353. The van der Waals surface area contributed by atoms with E-state index in [0.717, 1.165) is 6.29 Å². The third kappa shape index (κ3) is 2.93. The molecule has 74 valence electrons. The predicted molar refractivity (Wildman–Crippen MR) is 58.8 cm³/mol. The Labute approximate surface area is 94.7 Å². The summed E-state index contributed by atoms with van der Waals surface area (Å²) in [5.74, 6) is -0.411. The molecule has 0 N–H and O–H groups in total. The van der Waals surface area contributed by atoms with E-state index in [2.05, 4.69) is 15.9 Å². The van der Waals surface area contributed by atoms with Crippen LogP contribution in [0.5, 0.6) is 0 Å². The van der Waals surface area contributed by atoms with Gasteiger partial charge in [0.2, 0.25) is 0 Å². The first-order valence-corrected chi connectivity index (χ1v) is 5.07. The highest BCUT2D eigenvalue weighted by Gasteiger charge is 2.04. The molecule has 0 aliphatic heterocycles. The maximum atomic E-state index is 13.3. The molecule has 0 aliphatic carbocycles. The monoisotopic (exact) mass is 276 g/mol. The molecule has 0 amide bonds. The molecule has 0 heterocycles. The third-order valence-corrected chi connectivity index (χ3v) is 2.43. The van der Waals surface area contributed by atoms with Crippen LogP contribution in [0.3, 0.4) is 0 Å². The SMILES string of the molecule is O=CCC=Cc1c(F)cc(Cl)cc1Br. The Morgan fingerprint density at radius 1 is 1.50 bits per heavy atom. The minimum Gasteiger partial charge on any atom is -0.303 e. The van der Waals surface area contributed by atoms with E-state index in [1.807, 2.05) is 0 Å². The Balaban J connectivity index is 3.02. The lowest BCUT2D eigenvalue weighted by Gasteiger charge is -2.01. The number of carbonyl (C=O) groups is 1. The fraction of sp³-hybridized carbons (Fsp3) is 0.100. The molecule has 1 rings (SSSR count). The molecule has 0 aromatic heterocycles. The van der Waals surface area contributed by atoms with Gasteiger partial charge in [0, 0.05) is 21.5 Å². The molecule has 1 aromatic carbocycles. The van der Waals surface area contributed by atoms with Gasteiger partial charge in [-0.1, -0.05) is 39.7 Å². The van der Waals surface area contributed by atoms with Gasteiger partial charge in [-0.2, -0.15) is 0 Å². The summed E-state index contributed by atoms with van der Waals surface area (Å²) in [6.07, 6.45) is 4.15. The molecule has 0 spiro atoms. The first-order valence-electron chi connectivity index (χ1n) is 3.90. The molecule has 0 unspecified atom stereocenters. The third-order valence-electron chi connectivity index (χ3n) is 1.56. The average molecular weight is 278 g/mol. The first kappa shape index (κ1) is 11.4. The molecule has 1 aromatic rings. The van der Waals surface area contributed by atoms with Crippen LogP contribution in [0.2, 0.25) is 5.02 Å². The Morgan fingerprint density at radius 2 is 2.21 bits per heavy atom. The molecular weight excluding hydrogens is 270 g/mol. The Morgan fingerprint density at radius 3 is 2.79 bits per heavy atom. The van der Waals surface area contributed by atoms with Crippen LogP contribution in [-0.2, 0) is 4.79 Å². The molecule has 0 fully saturated rings. The van der Waals surface area contributed by atoms with E-state index >= 15 is 0 Å². The van der Waals surface area contributed by atoms with Gasteiger partial charge in [0.1, 0.15) is 12.1 Å². The Hall–Kier alpha value is -0.670. The standard InChI is InChI=1S/C10H7BrClFO/c11-9-5-7(12)6-10(13)8(9)3-1-2-4-14/h1,3-6H,2H2. The van der Waals surface area contributed by atoms with Crippen LogP contribution in [0.15, 0.2) is 22.7 Å². The van der Waals surface area contributed by atoms with Crippen LogP contribution in [0.1, 0.15) is 12.0 Å². The van der Waals surface area contributed by atoms with Gasteiger partial charge in [0.05, 0.1) is 0 Å². The molecule has 0 atom stereocenters. The second-order valence-corrected chi connectivity index (χ2v) is 3.88. The zero-order chi connectivity index (χ0) is 10.6. The molecule has 0 saturated heterocycles. The van der Waals surface area contributed by atoms with Gasteiger partial charge in [-0.3, -0.25) is 0 Å². The van der Waals surface area contributed by atoms with E-state index in [4.69, 9.17) is 11.6 Å². The molecule has 0 bridgehead atoms. The smallest absolute Gasteiger partial charge is 0.133 e. The lowest BCUT2D eigenvalue weighted by atomic mass is 10.2. The second-order valence-electron chi connectivity index (χ2n) is 2.59. The summed E-state index contributed by atoms with van der Waals surface area (Å²) in [6.45, 7) is 0. The number of allylic oxidation sites excluding steroid dienone is 1. The van der Waals surface area contributed by atoms with Gasteiger partial charge in [0.25, 0.3) is 0 Å². The van der Waals surface area contributed by atoms with Crippen LogP contribution >= 0.6 is 27.5 Å². The topological polar surface area (TPSA) is 17.1 Å². The minimum absolute atomic E-state index is 0.272. The van der Waals surface area contributed by atoms with E-state index in [1.54, 1.807) is 18.2 Å². The number of hydrogen-bond acceptors (Lipinski definition) is 1. The highest BCUT2D eigenvalue weighted by molar-refractivity contribution is 9.10. The quantitative estimate of drug-likeness (QED) is 0.767. The molecule has 0 radical (unpaired) electrons. The van der Waals surface area contributed by atoms with Crippen LogP contribution in [-0.4, -0.2) is 6.29 Å². The molecule has 0 saturated carbocycles. The average Bonchev–Trinajstić information content (AvgIpc) is 2.09. The van der Waals surface area contributed by atoms with Crippen molar-refractivity contribution < 1.29 is 9.18 Å². The van der Waals surface area contributed by atoms with E-state index < -0.39 is 5.82 Å². The van der Waals surface area contributed by atoms with Gasteiger partial charge in [-0.15, -0.1) is 0 Å². The maximum Gasteiger partial charge on any atom is 0.133 e. The Kier molecular flexibility index (Phi) is 4.29. The number of hydrogen-bond donors (Lipinski definition) is 0. The number of halogens is 3. The van der Waals surface area contributed by atoms with Crippen molar-refractivity contribution in [2.45, 2.75) is 6.42 Å². The van der Waals surface area contributed by atoms with Crippen molar-refractivity contribution >= 4 is 39.9 Å². The van der Waals surface area contributed by atoms with Gasteiger partial charge in [0.15, 0.2) is 0 Å². The first-order chi connectivity index (χ1) is 6.65. The van der Waals surface area contributed by atoms with Crippen molar-refractivity contribution in [1.29, 1.82) is 0 Å². The maximum absolute atomic E-state index is 13.3. The van der Waals surface area contributed by atoms with E-state index in [1.165, 1.54) is 6.07 Å². The summed E-state index contributed by atoms with van der Waals surface area (Å²) in [5, 5.41) is 0.335. The second kappa shape index (κ2) is 5.27. The van der Waals surface area contributed by atoms with Gasteiger partial charge < -0.3 is 4.79 Å². The molecule has 1 nitrogen and oxygen atoms in total. The van der Waals surface area contributed by atoms with Crippen LogP contribution in [0, 0.1) is 5.82 Å². The molecule has 14 heavy (non-hydrogen) atoms. The zero-order valence-electron chi connectivity index (χ0n) is 7.14. The predicted octanol–water partition coefficient (Wildman–Crippen LogP) is 3.84. The van der Waals surface area contributed by atoms with Gasteiger partial charge in [-0.25, -0.2) is 4.39 Å².